The van der Waals surface area contributed by atoms with Gasteiger partial charge in [-0.25, -0.2) is 4.68 Å². The van der Waals surface area contributed by atoms with Gasteiger partial charge in [-0.3, -0.25) is 4.79 Å². The van der Waals surface area contributed by atoms with Gasteiger partial charge < -0.3 is 25.3 Å². The number of allylic oxidation sites excluding steroid dienone is 2. The lowest BCUT2D eigenvalue weighted by Crippen LogP contribution is -2.24. The molecule has 0 radical (unpaired) electrons. The topological polar surface area (TPSA) is 86.5 Å². The molecule has 0 saturated heterocycles. The van der Waals surface area contributed by atoms with E-state index in [0.717, 1.165) is 40.2 Å². The molecule has 0 aliphatic carbocycles. The van der Waals surface area contributed by atoms with Crippen LogP contribution in [-0.2, 0) is 4.79 Å². The molecule has 1 amide bonds. The zero-order chi connectivity index (χ0) is 28.7. The van der Waals surface area contributed by atoms with Crippen molar-refractivity contribution in [2.45, 2.75) is 27.2 Å². The van der Waals surface area contributed by atoms with Gasteiger partial charge in [0, 0.05) is 38.0 Å². The van der Waals surface area contributed by atoms with Crippen LogP contribution in [0.25, 0.3) is 16.9 Å². The number of aryl methyl sites for hydroxylation is 1. The maximum Gasteiger partial charge on any atom is 0.250 e. The smallest absolute Gasteiger partial charge is 0.250 e. The number of ether oxygens (including phenoxy) is 1. The van der Waals surface area contributed by atoms with E-state index in [1.807, 2.05) is 99.2 Å². The molecule has 8 heteroatoms. The second-order valence-corrected chi connectivity index (χ2v) is 9.75. The summed E-state index contributed by atoms with van der Waals surface area (Å²) in [5.74, 6) is 1.38. The summed E-state index contributed by atoms with van der Waals surface area (Å²) in [6.07, 6.45) is 6.19. The third kappa shape index (κ3) is 6.83. The predicted octanol–water partition coefficient (Wildman–Crippen LogP) is 5.70. The molecule has 0 bridgehead atoms. The molecule has 2 aromatic carbocycles. The molecule has 0 aliphatic heterocycles. The van der Waals surface area contributed by atoms with Crippen molar-refractivity contribution in [1.29, 1.82) is 5.41 Å². The Morgan fingerprint density at radius 2 is 1.85 bits per heavy atom. The van der Waals surface area contributed by atoms with Crippen LogP contribution in [0.4, 0.5) is 11.5 Å². The fourth-order valence-corrected chi connectivity index (χ4v) is 4.10. The molecule has 8 nitrogen and oxygen atoms in total. The number of hydrogen-bond donors (Lipinski definition) is 2. The summed E-state index contributed by atoms with van der Waals surface area (Å²) in [5, 5.41) is 17.2. The van der Waals surface area contributed by atoms with Gasteiger partial charge in [0.1, 0.15) is 17.3 Å². The van der Waals surface area contributed by atoms with Crippen LogP contribution in [0.1, 0.15) is 31.4 Å². The largest absolute Gasteiger partial charge is 0.496 e. The Labute approximate surface area is 232 Å². The van der Waals surface area contributed by atoms with Crippen LogP contribution in [0.2, 0.25) is 0 Å². The molecule has 1 heterocycles. The Kier molecular flexibility index (Phi) is 9.84. The second-order valence-electron chi connectivity index (χ2n) is 9.75. The van der Waals surface area contributed by atoms with E-state index in [2.05, 4.69) is 12.2 Å². The van der Waals surface area contributed by atoms with Gasteiger partial charge in [0.15, 0.2) is 0 Å². The molecule has 0 spiro atoms. The highest BCUT2D eigenvalue weighted by molar-refractivity contribution is 6.14. The fraction of sp³-hybridized carbons (Fsp3) is 0.323. The molecule has 39 heavy (non-hydrogen) atoms. The molecule has 3 rings (SSSR count). The number of aromatic nitrogens is 2. The van der Waals surface area contributed by atoms with E-state index in [1.54, 1.807) is 25.1 Å². The lowest BCUT2D eigenvalue weighted by atomic mass is 10.0. The number of hydrogen-bond acceptors (Lipinski definition) is 6. The number of likely N-dealkylation sites (N-methyl/N-ethyl adjacent to an activating group) is 2. The standard InChI is InChI=1S/C31H40N6O2/c1-9-21(2)19-26(32)29-30(23-13-12-22(3)27(20-23)39-8)34-37(31(29)33-4)25-16-14-24(15-17-25)36(7)28(38)11-10-18-35(5)6/h10-17,19-20,32-33H,9,18H2,1-8H3. The van der Waals surface area contributed by atoms with Gasteiger partial charge in [0.2, 0.25) is 5.91 Å². The SMILES string of the molecule is CCC(C)=CC(=N)c1c(-c2ccc(C)c(OC)c2)nn(-c2ccc(N(C)C(=O)C=CCN(C)C)cc2)c1NC. The summed E-state index contributed by atoms with van der Waals surface area (Å²) in [6.45, 7) is 6.80. The van der Waals surface area contributed by atoms with E-state index in [1.165, 1.54) is 0 Å². The Bertz CT molecular complexity index is 1380. The highest BCUT2D eigenvalue weighted by Crippen LogP contribution is 2.35. The molecular weight excluding hydrogens is 488 g/mol. The Morgan fingerprint density at radius 1 is 1.15 bits per heavy atom. The van der Waals surface area contributed by atoms with Crippen molar-refractivity contribution in [2.75, 3.05) is 52.1 Å². The van der Waals surface area contributed by atoms with Gasteiger partial charge in [-0.05, 0) is 76.3 Å². The van der Waals surface area contributed by atoms with Crippen LogP contribution in [0, 0.1) is 12.3 Å². The van der Waals surface area contributed by atoms with Crippen molar-refractivity contribution in [3.05, 3.63) is 77.4 Å². The zero-order valence-corrected chi connectivity index (χ0v) is 24.3. The van der Waals surface area contributed by atoms with Gasteiger partial charge in [-0.15, -0.1) is 0 Å². The summed E-state index contributed by atoms with van der Waals surface area (Å²) in [4.78, 5) is 16.2. The van der Waals surface area contributed by atoms with Crippen LogP contribution in [0.15, 0.2) is 66.3 Å². The minimum atomic E-state index is -0.0935. The molecule has 206 valence electrons. The van der Waals surface area contributed by atoms with Crippen molar-refractivity contribution in [1.82, 2.24) is 14.7 Å². The van der Waals surface area contributed by atoms with Gasteiger partial charge >= 0.3 is 0 Å². The minimum absolute atomic E-state index is 0.0935. The van der Waals surface area contributed by atoms with Crippen LogP contribution < -0.4 is 15.0 Å². The van der Waals surface area contributed by atoms with Crippen molar-refractivity contribution in [3.63, 3.8) is 0 Å². The molecule has 0 atom stereocenters. The molecule has 0 fully saturated rings. The summed E-state index contributed by atoms with van der Waals surface area (Å²) in [7, 11) is 9.17. The number of benzene rings is 2. The summed E-state index contributed by atoms with van der Waals surface area (Å²) in [5.41, 5.74) is 6.35. The summed E-state index contributed by atoms with van der Waals surface area (Å²) in [6, 6.07) is 13.6. The quantitative estimate of drug-likeness (QED) is 0.246. The number of carbonyl (C=O) groups excluding carboxylic acids is 1. The number of nitrogens with one attached hydrogen (secondary N) is 2. The molecule has 0 aliphatic rings. The zero-order valence-electron chi connectivity index (χ0n) is 24.3. The van der Waals surface area contributed by atoms with Crippen LogP contribution >= 0.6 is 0 Å². The van der Waals surface area contributed by atoms with Gasteiger partial charge in [0.25, 0.3) is 0 Å². The van der Waals surface area contributed by atoms with Crippen LogP contribution in [0.3, 0.4) is 0 Å². The van der Waals surface area contributed by atoms with Crippen LogP contribution in [0.5, 0.6) is 5.75 Å². The maximum absolute atomic E-state index is 12.6. The van der Waals surface area contributed by atoms with Crippen molar-refractivity contribution in [3.8, 4) is 22.7 Å². The first-order chi connectivity index (χ1) is 18.6. The number of rotatable bonds is 11. The minimum Gasteiger partial charge on any atom is -0.496 e. The Hall–Kier alpha value is -4.17. The summed E-state index contributed by atoms with van der Waals surface area (Å²) < 4.78 is 7.38. The Balaban J connectivity index is 2.09. The number of nitrogens with zero attached hydrogens (tertiary/aromatic N) is 4. The van der Waals surface area contributed by atoms with Crippen molar-refractivity contribution in [2.24, 2.45) is 0 Å². The average Bonchev–Trinajstić information content (AvgIpc) is 3.32. The number of carbonyl (C=O) groups is 1. The van der Waals surface area contributed by atoms with E-state index < -0.39 is 0 Å². The van der Waals surface area contributed by atoms with E-state index in [0.29, 0.717) is 29.3 Å². The fourth-order valence-electron chi connectivity index (χ4n) is 4.10. The predicted molar refractivity (Wildman–Crippen MR) is 162 cm³/mol. The first-order valence-electron chi connectivity index (χ1n) is 13.0. The van der Waals surface area contributed by atoms with E-state index in [-0.39, 0.29) is 5.91 Å². The monoisotopic (exact) mass is 528 g/mol. The number of anilines is 2. The highest BCUT2D eigenvalue weighted by Gasteiger charge is 2.23. The normalized spacial score (nSPS) is 11.8. The molecule has 3 aromatic rings. The lowest BCUT2D eigenvalue weighted by Gasteiger charge is -2.16. The third-order valence-corrected chi connectivity index (χ3v) is 6.56. The van der Waals surface area contributed by atoms with E-state index >= 15 is 0 Å². The van der Waals surface area contributed by atoms with Gasteiger partial charge in [-0.2, -0.15) is 5.10 Å². The van der Waals surface area contributed by atoms with Crippen LogP contribution in [-0.4, -0.2) is 68.1 Å². The number of amides is 1. The van der Waals surface area contributed by atoms with E-state index in [4.69, 9.17) is 15.2 Å². The first kappa shape index (κ1) is 29.4. The molecular formula is C31H40N6O2. The van der Waals surface area contributed by atoms with Crippen molar-refractivity contribution >= 4 is 23.1 Å². The van der Waals surface area contributed by atoms with Gasteiger partial charge in [-0.1, -0.05) is 30.7 Å². The third-order valence-electron chi connectivity index (χ3n) is 6.56. The summed E-state index contributed by atoms with van der Waals surface area (Å²) >= 11 is 0. The van der Waals surface area contributed by atoms with E-state index in [9.17, 15) is 4.79 Å². The molecule has 0 unspecified atom stereocenters. The first-order valence-corrected chi connectivity index (χ1v) is 13.0. The highest BCUT2D eigenvalue weighted by atomic mass is 16.5. The van der Waals surface area contributed by atoms with Crippen molar-refractivity contribution < 1.29 is 9.53 Å². The molecule has 0 saturated carbocycles. The average molecular weight is 529 g/mol. The molecule has 1 aromatic heterocycles. The number of methoxy groups -OCH3 is 1. The second kappa shape index (κ2) is 13.1. The lowest BCUT2D eigenvalue weighted by molar-refractivity contribution is -0.113. The maximum atomic E-state index is 12.6. The molecule has 2 N–H and O–H groups in total. The van der Waals surface area contributed by atoms with Gasteiger partial charge in [0.05, 0.1) is 24.1 Å². The Morgan fingerprint density at radius 3 is 2.44 bits per heavy atom.